The Morgan fingerprint density at radius 2 is 1.80 bits per heavy atom. The van der Waals surface area contributed by atoms with Crippen molar-refractivity contribution in [2.45, 2.75) is 25.9 Å². The standard InChI is InChI=1S/C24H25N3O3/c1-15(2)16-7-9-17(10-8-16)26-23-22-19(6-5-13-25-22)24(28)27(23)20-14-18(29-3)11-12-21(20)30-4/h5-15,23,26H,1-4H3/t23-/m1/s1. The van der Waals surface area contributed by atoms with E-state index in [1.54, 1.807) is 55.6 Å². The smallest absolute Gasteiger partial charge is 0.262 e. The van der Waals surface area contributed by atoms with Crippen LogP contribution < -0.4 is 19.7 Å². The molecule has 1 amide bonds. The van der Waals surface area contributed by atoms with Gasteiger partial charge >= 0.3 is 0 Å². The van der Waals surface area contributed by atoms with Crippen LogP contribution in [0.2, 0.25) is 0 Å². The van der Waals surface area contributed by atoms with Gasteiger partial charge in [-0.3, -0.25) is 14.7 Å². The normalized spacial score (nSPS) is 15.3. The highest BCUT2D eigenvalue weighted by molar-refractivity contribution is 6.11. The number of nitrogens with zero attached hydrogens (tertiary/aromatic N) is 2. The summed E-state index contributed by atoms with van der Waals surface area (Å²) in [7, 11) is 3.18. The van der Waals surface area contributed by atoms with Crippen molar-refractivity contribution in [3.63, 3.8) is 0 Å². The molecule has 2 aromatic carbocycles. The lowest BCUT2D eigenvalue weighted by Gasteiger charge is -2.28. The van der Waals surface area contributed by atoms with Gasteiger partial charge in [-0.25, -0.2) is 0 Å². The van der Waals surface area contributed by atoms with Gasteiger partial charge in [-0.1, -0.05) is 26.0 Å². The molecule has 6 nitrogen and oxygen atoms in total. The molecule has 0 fully saturated rings. The third kappa shape index (κ3) is 3.45. The minimum Gasteiger partial charge on any atom is -0.497 e. The van der Waals surface area contributed by atoms with Crippen LogP contribution in [0.5, 0.6) is 11.5 Å². The molecule has 0 unspecified atom stereocenters. The molecule has 1 aliphatic rings. The maximum absolute atomic E-state index is 13.4. The van der Waals surface area contributed by atoms with E-state index in [0.717, 1.165) is 5.69 Å². The molecule has 1 N–H and O–H groups in total. The van der Waals surface area contributed by atoms with Crippen LogP contribution in [0.15, 0.2) is 60.8 Å². The summed E-state index contributed by atoms with van der Waals surface area (Å²) in [6.45, 7) is 4.32. The first kappa shape index (κ1) is 19.8. The largest absolute Gasteiger partial charge is 0.497 e. The highest BCUT2D eigenvalue weighted by Gasteiger charge is 2.40. The van der Waals surface area contributed by atoms with Crippen LogP contribution in [-0.4, -0.2) is 25.1 Å². The number of rotatable bonds is 6. The van der Waals surface area contributed by atoms with Gasteiger partial charge in [0, 0.05) is 18.0 Å². The van der Waals surface area contributed by atoms with E-state index in [1.165, 1.54) is 5.56 Å². The SMILES string of the molecule is COc1ccc(OC)c(N2C(=O)c3cccnc3[C@@H]2Nc2ccc(C(C)C)cc2)c1. The summed E-state index contributed by atoms with van der Waals surface area (Å²) in [5.41, 5.74) is 4.03. The molecule has 0 bridgehead atoms. The van der Waals surface area contributed by atoms with Crippen molar-refractivity contribution in [2.24, 2.45) is 0 Å². The first-order valence-corrected chi connectivity index (χ1v) is 9.90. The van der Waals surface area contributed by atoms with Gasteiger partial charge in [0.15, 0.2) is 6.17 Å². The summed E-state index contributed by atoms with van der Waals surface area (Å²) >= 11 is 0. The quantitative estimate of drug-likeness (QED) is 0.628. The number of nitrogens with one attached hydrogen (secondary N) is 1. The molecule has 30 heavy (non-hydrogen) atoms. The van der Waals surface area contributed by atoms with Gasteiger partial charge in [0.05, 0.1) is 31.2 Å². The highest BCUT2D eigenvalue weighted by Crippen LogP contribution is 2.42. The Morgan fingerprint density at radius 3 is 2.47 bits per heavy atom. The number of ether oxygens (including phenoxy) is 2. The predicted molar refractivity (Wildman–Crippen MR) is 117 cm³/mol. The lowest BCUT2D eigenvalue weighted by Crippen LogP contribution is -2.32. The summed E-state index contributed by atoms with van der Waals surface area (Å²) in [4.78, 5) is 19.5. The molecule has 154 valence electrons. The molecule has 6 heteroatoms. The average Bonchev–Trinajstić information content (AvgIpc) is 3.05. The lowest BCUT2D eigenvalue weighted by molar-refractivity contribution is 0.0992. The average molecular weight is 403 g/mol. The van der Waals surface area contributed by atoms with Gasteiger partial charge in [0.25, 0.3) is 5.91 Å². The number of benzene rings is 2. The molecule has 0 aliphatic carbocycles. The summed E-state index contributed by atoms with van der Waals surface area (Å²) in [5.74, 6) is 1.54. The van der Waals surface area contributed by atoms with Gasteiger partial charge in [-0.05, 0) is 47.9 Å². The summed E-state index contributed by atoms with van der Waals surface area (Å²) < 4.78 is 10.9. The number of methoxy groups -OCH3 is 2. The molecule has 0 saturated heterocycles. The van der Waals surface area contributed by atoms with Crippen molar-refractivity contribution in [1.29, 1.82) is 0 Å². The Hall–Kier alpha value is -3.54. The Bertz CT molecular complexity index is 1060. The Kier molecular flexibility index (Phi) is 5.31. The first-order chi connectivity index (χ1) is 14.5. The van der Waals surface area contributed by atoms with Crippen molar-refractivity contribution < 1.29 is 14.3 Å². The maximum Gasteiger partial charge on any atom is 0.262 e. The zero-order chi connectivity index (χ0) is 21.3. The van der Waals surface area contributed by atoms with Crippen LogP contribution >= 0.6 is 0 Å². The topological polar surface area (TPSA) is 63.7 Å². The molecule has 0 radical (unpaired) electrons. The van der Waals surface area contributed by atoms with E-state index in [-0.39, 0.29) is 5.91 Å². The number of carbonyl (C=O) groups excluding carboxylic acids is 1. The summed E-state index contributed by atoms with van der Waals surface area (Å²) in [6.07, 6.45) is 1.23. The molecule has 1 aromatic heterocycles. The van der Waals surface area contributed by atoms with Crippen molar-refractivity contribution >= 4 is 17.3 Å². The molecule has 4 rings (SSSR count). The third-order valence-electron chi connectivity index (χ3n) is 5.33. The molecule has 0 saturated carbocycles. The number of hydrogen-bond acceptors (Lipinski definition) is 5. The van der Waals surface area contributed by atoms with Crippen molar-refractivity contribution in [3.8, 4) is 11.5 Å². The van der Waals surface area contributed by atoms with Crippen LogP contribution in [0.25, 0.3) is 0 Å². The number of fused-ring (bicyclic) bond motifs is 1. The number of carbonyl (C=O) groups is 1. The number of hydrogen-bond donors (Lipinski definition) is 1. The Balaban J connectivity index is 1.78. The van der Waals surface area contributed by atoms with E-state index in [4.69, 9.17) is 9.47 Å². The molecule has 3 aromatic rings. The first-order valence-electron chi connectivity index (χ1n) is 9.90. The molecular weight excluding hydrogens is 378 g/mol. The van der Waals surface area contributed by atoms with E-state index in [2.05, 4.69) is 36.3 Å². The minimum absolute atomic E-state index is 0.138. The van der Waals surface area contributed by atoms with Gasteiger partial charge in [-0.15, -0.1) is 0 Å². The van der Waals surface area contributed by atoms with Crippen LogP contribution in [0.1, 0.15) is 47.5 Å². The summed E-state index contributed by atoms with van der Waals surface area (Å²) in [6, 6.07) is 17.2. The number of amides is 1. The Labute approximate surface area is 176 Å². The van der Waals surface area contributed by atoms with Crippen LogP contribution in [0.3, 0.4) is 0 Å². The van der Waals surface area contributed by atoms with Crippen molar-refractivity contribution in [3.05, 3.63) is 77.6 Å². The van der Waals surface area contributed by atoms with E-state index in [1.807, 2.05) is 12.1 Å². The molecule has 1 aliphatic heterocycles. The molecule has 2 heterocycles. The van der Waals surface area contributed by atoms with Gasteiger partial charge in [0.2, 0.25) is 0 Å². The second-order valence-corrected chi connectivity index (χ2v) is 7.47. The third-order valence-corrected chi connectivity index (χ3v) is 5.33. The zero-order valence-electron chi connectivity index (χ0n) is 17.5. The fraction of sp³-hybridized carbons (Fsp3) is 0.250. The second-order valence-electron chi connectivity index (χ2n) is 7.47. The number of anilines is 2. The van der Waals surface area contributed by atoms with Crippen LogP contribution in [0.4, 0.5) is 11.4 Å². The Morgan fingerprint density at radius 1 is 1.03 bits per heavy atom. The number of aromatic nitrogens is 1. The fourth-order valence-electron chi connectivity index (χ4n) is 3.67. The lowest BCUT2D eigenvalue weighted by atomic mass is 10.0. The number of pyridine rings is 1. The van der Waals surface area contributed by atoms with E-state index >= 15 is 0 Å². The van der Waals surface area contributed by atoms with Crippen molar-refractivity contribution in [2.75, 3.05) is 24.4 Å². The van der Waals surface area contributed by atoms with E-state index in [0.29, 0.717) is 34.4 Å². The van der Waals surface area contributed by atoms with Gasteiger partial charge in [0.1, 0.15) is 11.5 Å². The van der Waals surface area contributed by atoms with Crippen LogP contribution in [0, 0.1) is 0 Å². The fourth-order valence-corrected chi connectivity index (χ4v) is 3.67. The van der Waals surface area contributed by atoms with Gasteiger partial charge < -0.3 is 14.8 Å². The monoisotopic (exact) mass is 403 g/mol. The molecule has 0 spiro atoms. The minimum atomic E-state index is -0.473. The zero-order valence-corrected chi connectivity index (χ0v) is 17.5. The van der Waals surface area contributed by atoms with Gasteiger partial charge in [-0.2, -0.15) is 0 Å². The highest BCUT2D eigenvalue weighted by atomic mass is 16.5. The summed E-state index contributed by atoms with van der Waals surface area (Å²) in [5, 5.41) is 3.48. The van der Waals surface area contributed by atoms with E-state index in [9.17, 15) is 4.79 Å². The van der Waals surface area contributed by atoms with Crippen LogP contribution in [-0.2, 0) is 0 Å². The maximum atomic E-state index is 13.4. The van der Waals surface area contributed by atoms with Crippen molar-refractivity contribution in [1.82, 2.24) is 4.98 Å². The van der Waals surface area contributed by atoms with E-state index < -0.39 is 6.17 Å². The molecule has 1 atom stereocenters. The predicted octanol–water partition coefficient (Wildman–Crippen LogP) is 4.99. The second kappa shape index (κ2) is 8.06. The molecular formula is C24H25N3O3.